The fraction of sp³-hybridized carbons (Fsp3) is 0.613. The summed E-state index contributed by atoms with van der Waals surface area (Å²) in [4.78, 5) is 43.2. The molecule has 0 atom stereocenters. The molecule has 1 aromatic carbocycles. The molecule has 0 saturated carbocycles. The number of carbonyl (C=O) groups excluding carboxylic acids is 3. The summed E-state index contributed by atoms with van der Waals surface area (Å²) < 4.78 is 11.1. The highest BCUT2D eigenvalue weighted by Gasteiger charge is 2.31. The van der Waals surface area contributed by atoms with Crippen LogP contribution in [0.2, 0.25) is 0 Å². The molecule has 1 aliphatic carbocycles. The van der Waals surface area contributed by atoms with E-state index in [1.807, 2.05) is 0 Å². The summed E-state index contributed by atoms with van der Waals surface area (Å²) in [5.41, 5.74) is 1.33. The molecular formula is C31H45NO6. The lowest BCUT2D eigenvalue weighted by atomic mass is 9.88. The van der Waals surface area contributed by atoms with E-state index in [2.05, 4.69) is 19.0 Å². The molecule has 0 unspecified atom stereocenters. The third-order valence-corrected chi connectivity index (χ3v) is 6.87. The van der Waals surface area contributed by atoms with Gasteiger partial charge in [-0.05, 0) is 37.5 Å². The van der Waals surface area contributed by atoms with Gasteiger partial charge in [-0.1, -0.05) is 89.6 Å². The molecule has 0 aromatic heterocycles. The second-order valence-corrected chi connectivity index (χ2v) is 9.86. The standard InChI is InChI=1S/C31H45NO6/c1-5-7-9-11-13-15-17-19-28(35)38-32-24(18-16-14-12-10-8-6-2)23-22-27(36-3)29-25(33)20-21-26(34)30(29)31(23)37-4/h20-22H,5-19H2,1-4H3. The van der Waals surface area contributed by atoms with Gasteiger partial charge in [-0.2, -0.15) is 0 Å². The smallest absolute Gasteiger partial charge is 0.335 e. The number of benzene rings is 1. The molecule has 2 rings (SSSR count). The monoisotopic (exact) mass is 527 g/mol. The molecule has 0 heterocycles. The Balaban J connectivity index is 2.23. The van der Waals surface area contributed by atoms with Gasteiger partial charge in [-0.3, -0.25) is 9.59 Å². The molecule has 0 radical (unpaired) electrons. The summed E-state index contributed by atoms with van der Waals surface area (Å²) in [5.74, 6) is -0.528. The van der Waals surface area contributed by atoms with Crippen molar-refractivity contribution in [3.63, 3.8) is 0 Å². The minimum Gasteiger partial charge on any atom is -0.496 e. The van der Waals surface area contributed by atoms with Crippen LogP contribution in [0.4, 0.5) is 0 Å². The molecule has 0 spiro atoms. The van der Waals surface area contributed by atoms with Crippen molar-refractivity contribution in [2.45, 2.75) is 110 Å². The summed E-state index contributed by atoms with van der Waals surface area (Å²) in [6.07, 6.45) is 17.6. The largest absolute Gasteiger partial charge is 0.496 e. The van der Waals surface area contributed by atoms with Gasteiger partial charge in [0.2, 0.25) is 0 Å². The van der Waals surface area contributed by atoms with Gasteiger partial charge in [0.05, 0.1) is 31.1 Å². The first kappa shape index (κ1) is 31.3. The Labute approximate surface area is 228 Å². The zero-order valence-electron chi connectivity index (χ0n) is 23.7. The molecule has 0 fully saturated rings. The number of nitrogens with zero attached hydrogens (tertiary/aromatic N) is 1. The Kier molecular flexibility index (Phi) is 14.4. The van der Waals surface area contributed by atoms with Gasteiger partial charge in [-0.25, -0.2) is 4.79 Å². The minimum absolute atomic E-state index is 0.152. The van der Waals surface area contributed by atoms with E-state index in [4.69, 9.17) is 14.3 Å². The molecule has 7 nitrogen and oxygen atoms in total. The van der Waals surface area contributed by atoms with Crippen molar-refractivity contribution < 1.29 is 28.7 Å². The van der Waals surface area contributed by atoms with Gasteiger partial charge >= 0.3 is 5.97 Å². The van der Waals surface area contributed by atoms with Gasteiger partial charge in [0.25, 0.3) is 0 Å². The van der Waals surface area contributed by atoms with Crippen molar-refractivity contribution in [2.75, 3.05) is 14.2 Å². The Hall–Kier alpha value is -2.96. The first-order chi connectivity index (χ1) is 18.5. The maximum atomic E-state index is 12.8. The Morgan fingerprint density at radius 1 is 0.711 bits per heavy atom. The quantitative estimate of drug-likeness (QED) is 0.0789. The number of hydrogen-bond acceptors (Lipinski definition) is 7. The van der Waals surface area contributed by atoms with E-state index in [0.29, 0.717) is 24.1 Å². The number of allylic oxidation sites excluding steroid dienone is 2. The first-order valence-corrected chi connectivity index (χ1v) is 14.3. The molecule has 0 N–H and O–H groups in total. The number of carbonyl (C=O) groups is 3. The highest BCUT2D eigenvalue weighted by molar-refractivity contribution is 6.25. The molecular weight excluding hydrogens is 482 g/mol. The molecule has 38 heavy (non-hydrogen) atoms. The molecule has 210 valence electrons. The lowest BCUT2D eigenvalue weighted by Crippen LogP contribution is -2.18. The van der Waals surface area contributed by atoms with Crippen LogP contribution in [0.1, 0.15) is 136 Å². The average molecular weight is 528 g/mol. The van der Waals surface area contributed by atoms with Crippen LogP contribution >= 0.6 is 0 Å². The summed E-state index contributed by atoms with van der Waals surface area (Å²) >= 11 is 0. The van der Waals surface area contributed by atoms with Crippen molar-refractivity contribution in [3.05, 3.63) is 34.9 Å². The van der Waals surface area contributed by atoms with E-state index in [9.17, 15) is 14.4 Å². The Bertz CT molecular complexity index is 995. The van der Waals surface area contributed by atoms with Gasteiger partial charge in [-0.15, -0.1) is 0 Å². The van der Waals surface area contributed by atoms with Crippen LogP contribution in [0, 0.1) is 0 Å². The molecule has 1 aromatic rings. The van der Waals surface area contributed by atoms with E-state index < -0.39 is 0 Å². The maximum Gasteiger partial charge on any atom is 0.335 e. The number of ether oxygens (including phenoxy) is 2. The van der Waals surface area contributed by atoms with Gasteiger partial charge in [0, 0.05) is 12.0 Å². The summed E-state index contributed by atoms with van der Waals surface area (Å²) in [6.45, 7) is 4.38. The molecule has 0 amide bonds. The Morgan fingerprint density at radius 3 is 1.79 bits per heavy atom. The van der Waals surface area contributed by atoms with Gasteiger partial charge in [0.1, 0.15) is 11.5 Å². The molecule has 0 bridgehead atoms. The van der Waals surface area contributed by atoms with E-state index in [0.717, 1.165) is 38.5 Å². The van der Waals surface area contributed by atoms with E-state index in [1.165, 1.54) is 71.3 Å². The second-order valence-electron chi connectivity index (χ2n) is 9.86. The summed E-state index contributed by atoms with van der Waals surface area (Å²) in [5, 5.41) is 4.26. The zero-order valence-corrected chi connectivity index (χ0v) is 23.7. The summed E-state index contributed by atoms with van der Waals surface area (Å²) in [7, 11) is 2.91. The van der Waals surface area contributed by atoms with Crippen molar-refractivity contribution in [2.24, 2.45) is 5.16 Å². The maximum absolute atomic E-state index is 12.8. The van der Waals surface area contributed by atoms with Crippen molar-refractivity contribution in [1.82, 2.24) is 0 Å². The van der Waals surface area contributed by atoms with E-state index in [-0.39, 0.29) is 40.2 Å². The average Bonchev–Trinajstić information content (AvgIpc) is 2.92. The molecule has 7 heteroatoms. The van der Waals surface area contributed by atoms with Crippen LogP contribution in [0.25, 0.3) is 0 Å². The number of hydrogen-bond donors (Lipinski definition) is 0. The van der Waals surface area contributed by atoms with Crippen LogP contribution in [0.3, 0.4) is 0 Å². The third kappa shape index (κ3) is 9.41. The van der Waals surface area contributed by atoms with Gasteiger partial charge in [0.15, 0.2) is 11.6 Å². The highest BCUT2D eigenvalue weighted by atomic mass is 16.7. The van der Waals surface area contributed by atoms with Crippen LogP contribution in [0.5, 0.6) is 11.5 Å². The second kappa shape index (κ2) is 17.5. The first-order valence-electron chi connectivity index (χ1n) is 14.3. The predicted octanol–water partition coefficient (Wildman–Crippen LogP) is 7.78. The van der Waals surface area contributed by atoms with E-state index >= 15 is 0 Å². The number of oxime groups is 1. The molecule has 0 aliphatic heterocycles. The number of fused-ring (bicyclic) bond motifs is 1. The van der Waals surface area contributed by atoms with Crippen LogP contribution in [-0.2, 0) is 9.63 Å². The van der Waals surface area contributed by atoms with Crippen LogP contribution < -0.4 is 9.47 Å². The Morgan fingerprint density at radius 2 is 1.24 bits per heavy atom. The fourth-order valence-electron chi connectivity index (χ4n) is 4.71. The summed E-state index contributed by atoms with van der Waals surface area (Å²) in [6, 6.07) is 1.65. The molecule has 0 saturated heterocycles. The third-order valence-electron chi connectivity index (χ3n) is 6.87. The number of unbranched alkanes of at least 4 members (excludes halogenated alkanes) is 11. The zero-order chi connectivity index (χ0) is 27.8. The van der Waals surface area contributed by atoms with Crippen molar-refractivity contribution in [3.8, 4) is 11.5 Å². The minimum atomic E-state index is -0.378. The SMILES string of the molecule is CCCCCCCCCC(=O)ON=C(CCCCCCCC)c1cc(OC)c2c(c1OC)C(=O)C=CC2=O. The van der Waals surface area contributed by atoms with Crippen molar-refractivity contribution >= 4 is 23.2 Å². The van der Waals surface area contributed by atoms with Gasteiger partial charge < -0.3 is 14.3 Å². The lowest BCUT2D eigenvalue weighted by Gasteiger charge is -2.20. The predicted molar refractivity (Wildman–Crippen MR) is 151 cm³/mol. The van der Waals surface area contributed by atoms with Crippen LogP contribution in [-0.4, -0.2) is 37.5 Å². The topological polar surface area (TPSA) is 91.3 Å². The fourth-order valence-corrected chi connectivity index (χ4v) is 4.71. The van der Waals surface area contributed by atoms with Crippen LogP contribution in [0.15, 0.2) is 23.4 Å². The number of methoxy groups -OCH3 is 2. The number of ketones is 2. The van der Waals surface area contributed by atoms with E-state index in [1.54, 1.807) is 6.07 Å². The van der Waals surface area contributed by atoms with Crippen molar-refractivity contribution in [1.29, 1.82) is 0 Å². The lowest BCUT2D eigenvalue weighted by molar-refractivity contribution is -0.143. The number of rotatable bonds is 19. The highest BCUT2D eigenvalue weighted by Crippen LogP contribution is 2.38. The normalized spacial score (nSPS) is 13.0. The molecule has 1 aliphatic rings.